The third-order valence-corrected chi connectivity index (χ3v) is 3.66. The predicted molar refractivity (Wildman–Crippen MR) is 74.1 cm³/mol. The molecule has 1 unspecified atom stereocenters. The quantitative estimate of drug-likeness (QED) is 0.934. The first-order chi connectivity index (χ1) is 9.15. The Hall–Kier alpha value is -1.62. The molecule has 1 fully saturated rings. The maximum Gasteiger partial charge on any atom is 0.149 e. The zero-order chi connectivity index (χ0) is 13.4. The highest BCUT2D eigenvalue weighted by Crippen LogP contribution is 2.42. The normalized spacial score (nSPS) is 16.4. The third kappa shape index (κ3) is 2.56. The average Bonchev–Trinajstić information content (AvgIpc) is 3.13. The van der Waals surface area contributed by atoms with E-state index in [-0.39, 0.29) is 6.04 Å². The highest BCUT2D eigenvalue weighted by Gasteiger charge is 2.35. The third-order valence-electron chi connectivity index (χ3n) is 3.39. The second-order valence-corrected chi connectivity index (χ2v) is 5.38. The molecule has 1 aliphatic rings. The van der Waals surface area contributed by atoms with E-state index in [0.29, 0.717) is 22.6 Å². The van der Waals surface area contributed by atoms with Gasteiger partial charge < -0.3 is 9.88 Å². The summed E-state index contributed by atoms with van der Waals surface area (Å²) in [4.78, 5) is 12.9. The zero-order valence-electron chi connectivity index (χ0n) is 11.0. The molecule has 1 N–H and O–H groups in total. The Labute approximate surface area is 117 Å². The molecule has 0 bridgehead atoms. The lowest BCUT2D eigenvalue weighted by Crippen LogP contribution is -2.18. The smallest absolute Gasteiger partial charge is 0.149 e. The molecule has 2 heterocycles. The highest BCUT2D eigenvalue weighted by molar-refractivity contribution is 6.32. The molecule has 2 aromatic rings. The monoisotopic (exact) mass is 277 g/mol. The zero-order valence-corrected chi connectivity index (χ0v) is 11.7. The van der Waals surface area contributed by atoms with Crippen LogP contribution in [0, 0.1) is 12.8 Å². The van der Waals surface area contributed by atoms with Gasteiger partial charge in [0.25, 0.3) is 0 Å². The van der Waals surface area contributed by atoms with Crippen LogP contribution in [0.15, 0.2) is 18.6 Å². The number of anilines is 1. The van der Waals surface area contributed by atoms with E-state index in [0.717, 1.165) is 5.82 Å². The first-order valence-electron chi connectivity index (χ1n) is 6.38. The van der Waals surface area contributed by atoms with E-state index >= 15 is 0 Å². The second-order valence-electron chi connectivity index (χ2n) is 4.97. The van der Waals surface area contributed by atoms with Gasteiger partial charge in [-0.2, -0.15) is 0 Å². The van der Waals surface area contributed by atoms with Gasteiger partial charge in [-0.3, -0.25) is 0 Å². The molecule has 0 saturated heterocycles. The van der Waals surface area contributed by atoms with Crippen LogP contribution in [0.5, 0.6) is 0 Å². The van der Waals surface area contributed by atoms with Crippen molar-refractivity contribution in [1.82, 2.24) is 19.5 Å². The molecule has 3 rings (SSSR count). The van der Waals surface area contributed by atoms with Gasteiger partial charge in [0, 0.05) is 19.4 Å². The van der Waals surface area contributed by atoms with E-state index in [1.165, 1.54) is 12.8 Å². The number of halogens is 1. The number of hydrogen-bond donors (Lipinski definition) is 1. The fraction of sp³-hybridized carbons (Fsp3) is 0.462. The van der Waals surface area contributed by atoms with Crippen LogP contribution in [-0.4, -0.2) is 19.5 Å². The minimum absolute atomic E-state index is 0.159. The summed E-state index contributed by atoms with van der Waals surface area (Å²) in [5.41, 5.74) is 0. The van der Waals surface area contributed by atoms with Crippen molar-refractivity contribution < 1.29 is 0 Å². The first kappa shape index (κ1) is 12.4. The van der Waals surface area contributed by atoms with Crippen LogP contribution in [0.2, 0.25) is 5.02 Å². The van der Waals surface area contributed by atoms with E-state index in [4.69, 9.17) is 11.6 Å². The van der Waals surface area contributed by atoms with E-state index in [2.05, 4.69) is 20.3 Å². The molecule has 1 aliphatic carbocycles. The van der Waals surface area contributed by atoms with Crippen LogP contribution in [0.1, 0.15) is 30.5 Å². The first-order valence-corrected chi connectivity index (χ1v) is 6.76. The summed E-state index contributed by atoms with van der Waals surface area (Å²) in [6.45, 7) is 1.86. The van der Waals surface area contributed by atoms with Gasteiger partial charge in [0.15, 0.2) is 0 Å². The van der Waals surface area contributed by atoms with E-state index < -0.39 is 0 Å². The van der Waals surface area contributed by atoms with Crippen molar-refractivity contribution in [3.8, 4) is 0 Å². The molecule has 0 amide bonds. The van der Waals surface area contributed by atoms with Gasteiger partial charge in [0.05, 0.1) is 12.2 Å². The molecule has 1 saturated carbocycles. The van der Waals surface area contributed by atoms with Crippen molar-refractivity contribution in [3.05, 3.63) is 35.3 Å². The molecule has 5 nitrogen and oxygen atoms in total. The van der Waals surface area contributed by atoms with Crippen LogP contribution in [-0.2, 0) is 7.05 Å². The minimum Gasteiger partial charge on any atom is -0.358 e. The molecule has 0 radical (unpaired) electrons. The molecule has 19 heavy (non-hydrogen) atoms. The fourth-order valence-electron chi connectivity index (χ4n) is 2.20. The summed E-state index contributed by atoms with van der Waals surface area (Å²) >= 11 is 6.15. The van der Waals surface area contributed by atoms with Crippen molar-refractivity contribution in [2.75, 3.05) is 5.32 Å². The lowest BCUT2D eigenvalue weighted by molar-refractivity contribution is 0.604. The van der Waals surface area contributed by atoms with E-state index in [1.807, 2.05) is 30.9 Å². The molecule has 1 atom stereocenters. The minimum atomic E-state index is 0.159. The highest BCUT2D eigenvalue weighted by atomic mass is 35.5. The van der Waals surface area contributed by atoms with Crippen LogP contribution in [0.3, 0.4) is 0 Å². The number of hydrogen-bond acceptors (Lipinski definition) is 4. The van der Waals surface area contributed by atoms with Crippen molar-refractivity contribution in [2.24, 2.45) is 13.0 Å². The SMILES string of the molecule is Cc1ncc(Cl)c(NC(c2nccn2C)C2CC2)n1. The maximum absolute atomic E-state index is 6.15. The molecular weight excluding hydrogens is 262 g/mol. The van der Waals surface area contributed by atoms with Crippen molar-refractivity contribution in [2.45, 2.75) is 25.8 Å². The Balaban J connectivity index is 1.90. The lowest BCUT2D eigenvalue weighted by atomic mass is 10.1. The molecule has 0 spiro atoms. The summed E-state index contributed by atoms with van der Waals surface area (Å²) in [5, 5.41) is 3.97. The second kappa shape index (κ2) is 4.81. The van der Waals surface area contributed by atoms with Gasteiger partial charge in [-0.25, -0.2) is 15.0 Å². The van der Waals surface area contributed by atoms with Gasteiger partial charge in [0.1, 0.15) is 22.5 Å². The number of aryl methyl sites for hydroxylation is 2. The molecule has 0 aromatic carbocycles. The van der Waals surface area contributed by atoms with Gasteiger partial charge in [0.2, 0.25) is 0 Å². The topological polar surface area (TPSA) is 55.6 Å². The molecular formula is C13H16ClN5. The lowest BCUT2D eigenvalue weighted by Gasteiger charge is -2.19. The summed E-state index contributed by atoms with van der Waals surface area (Å²) in [7, 11) is 2.01. The van der Waals surface area contributed by atoms with Gasteiger partial charge in [-0.1, -0.05) is 11.6 Å². The number of aromatic nitrogens is 4. The Morgan fingerprint density at radius 2 is 2.21 bits per heavy atom. The number of nitrogens with one attached hydrogen (secondary N) is 1. The summed E-state index contributed by atoms with van der Waals surface area (Å²) in [6, 6.07) is 0.159. The van der Waals surface area contributed by atoms with Gasteiger partial charge >= 0.3 is 0 Å². The summed E-state index contributed by atoms with van der Waals surface area (Å²) in [5.74, 6) is 3.03. The number of rotatable bonds is 4. The van der Waals surface area contributed by atoms with Crippen LogP contribution in [0.4, 0.5) is 5.82 Å². The van der Waals surface area contributed by atoms with Crippen LogP contribution >= 0.6 is 11.6 Å². The predicted octanol–water partition coefficient (Wildman–Crippen LogP) is 2.74. The molecule has 100 valence electrons. The van der Waals surface area contributed by atoms with Crippen LogP contribution in [0.25, 0.3) is 0 Å². The summed E-state index contributed by atoms with van der Waals surface area (Å²) in [6.07, 6.45) is 7.84. The molecule has 0 aliphatic heterocycles. The molecule has 6 heteroatoms. The van der Waals surface area contributed by atoms with Gasteiger partial charge in [-0.05, 0) is 25.7 Å². The Morgan fingerprint density at radius 3 is 2.84 bits per heavy atom. The Kier molecular flexibility index (Phi) is 3.14. The van der Waals surface area contributed by atoms with Gasteiger partial charge in [-0.15, -0.1) is 0 Å². The Morgan fingerprint density at radius 1 is 1.42 bits per heavy atom. The number of nitrogens with zero attached hydrogens (tertiary/aromatic N) is 4. The van der Waals surface area contributed by atoms with Crippen molar-refractivity contribution >= 4 is 17.4 Å². The standard InChI is InChI=1S/C13H16ClN5/c1-8-16-7-10(14)12(17-8)18-11(9-3-4-9)13-15-5-6-19(13)2/h5-7,9,11H,3-4H2,1-2H3,(H,16,17,18). The van der Waals surface area contributed by atoms with Crippen molar-refractivity contribution in [3.63, 3.8) is 0 Å². The average molecular weight is 278 g/mol. The van der Waals surface area contributed by atoms with Crippen LogP contribution < -0.4 is 5.32 Å². The largest absolute Gasteiger partial charge is 0.358 e. The van der Waals surface area contributed by atoms with Crippen molar-refractivity contribution in [1.29, 1.82) is 0 Å². The van der Waals surface area contributed by atoms with E-state index in [1.54, 1.807) is 6.20 Å². The summed E-state index contributed by atoms with van der Waals surface area (Å²) < 4.78 is 2.04. The Bertz CT molecular complexity index is 590. The van der Waals surface area contributed by atoms with E-state index in [9.17, 15) is 0 Å². The number of imidazole rings is 1. The molecule has 2 aromatic heterocycles. The fourth-order valence-corrected chi connectivity index (χ4v) is 2.35. The maximum atomic E-state index is 6.15.